The average molecular weight is 377 g/mol. The number of hydrogen-bond donors (Lipinski definition) is 0. The fourth-order valence-corrected chi connectivity index (χ4v) is 5.43. The van der Waals surface area contributed by atoms with Gasteiger partial charge in [-0.05, 0) is 92.7 Å². The fraction of sp³-hybridized carbons (Fsp3) is 0.667. The van der Waals surface area contributed by atoms with E-state index < -0.39 is 0 Å². The zero-order chi connectivity index (χ0) is 18.4. The number of benzene rings is 1. The lowest BCUT2D eigenvalue weighted by Gasteiger charge is -2.38. The second-order valence-electron chi connectivity index (χ2n) is 8.71. The molecule has 0 spiro atoms. The van der Waals surface area contributed by atoms with Crippen LogP contribution < -0.4 is 0 Å². The number of rotatable bonds is 7. The van der Waals surface area contributed by atoms with Crippen LogP contribution in [0.15, 0.2) is 30.9 Å². The highest BCUT2D eigenvalue weighted by atomic mass is 35.5. The van der Waals surface area contributed by atoms with E-state index in [0.717, 1.165) is 35.7 Å². The van der Waals surface area contributed by atoms with E-state index in [0.29, 0.717) is 0 Å². The van der Waals surface area contributed by atoms with Crippen molar-refractivity contribution >= 4 is 11.6 Å². The van der Waals surface area contributed by atoms with E-state index in [4.69, 9.17) is 11.6 Å². The summed E-state index contributed by atoms with van der Waals surface area (Å²) in [5.41, 5.74) is 1.09. The van der Waals surface area contributed by atoms with Gasteiger partial charge < -0.3 is 0 Å². The number of allylic oxidation sites excluding steroid dienone is 1. The summed E-state index contributed by atoms with van der Waals surface area (Å²) < 4.78 is 13.6. The van der Waals surface area contributed by atoms with Crippen molar-refractivity contribution in [3.63, 3.8) is 0 Å². The quantitative estimate of drug-likeness (QED) is 0.423. The van der Waals surface area contributed by atoms with Crippen LogP contribution in [0.4, 0.5) is 4.39 Å². The van der Waals surface area contributed by atoms with E-state index in [9.17, 15) is 4.39 Å². The van der Waals surface area contributed by atoms with Crippen LogP contribution in [0.25, 0.3) is 0 Å². The highest BCUT2D eigenvalue weighted by Crippen LogP contribution is 2.43. The maximum Gasteiger partial charge on any atom is 0.142 e. The first-order valence-electron chi connectivity index (χ1n) is 10.7. The third-order valence-corrected chi connectivity index (χ3v) is 7.36. The van der Waals surface area contributed by atoms with Gasteiger partial charge in [-0.15, -0.1) is 6.58 Å². The van der Waals surface area contributed by atoms with Crippen LogP contribution in [0.1, 0.15) is 76.2 Å². The summed E-state index contributed by atoms with van der Waals surface area (Å²) in [7, 11) is 0. The largest absolute Gasteiger partial charge is 0.205 e. The van der Waals surface area contributed by atoms with Gasteiger partial charge in [0.25, 0.3) is 0 Å². The van der Waals surface area contributed by atoms with Gasteiger partial charge in [-0.1, -0.05) is 49.4 Å². The number of halogens is 2. The Labute approximate surface area is 164 Å². The Morgan fingerprint density at radius 1 is 0.923 bits per heavy atom. The summed E-state index contributed by atoms with van der Waals surface area (Å²) in [6.45, 7) is 3.86. The monoisotopic (exact) mass is 376 g/mol. The van der Waals surface area contributed by atoms with Gasteiger partial charge in [-0.25, -0.2) is 4.39 Å². The van der Waals surface area contributed by atoms with Crippen LogP contribution in [0.2, 0.25) is 5.02 Å². The van der Waals surface area contributed by atoms with Crippen molar-refractivity contribution in [2.45, 2.75) is 77.0 Å². The molecule has 0 aliphatic heterocycles. The summed E-state index contributed by atoms with van der Waals surface area (Å²) >= 11 is 5.77. The fourth-order valence-electron chi connectivity index (χ4n) is 5.32. The summed E-state index contributed by atoms with van der Waals surface area (Å²) in [6.07, 6.45) is 18.2. The molecule has 0 heterocycles. The summed E-state index contributed by atoms with van der Waals surface area (Å²) in [5.74, 6) is 3.46. The van der Waals surface area contributed by atoms with E-state index in [1.54, 1.807) is 12.1 Å². The molecular formula is C24H34ClF. The minimum Gasteiger partial charge on any atom is -0.205 e. The lowest BCUT2D eigenvalue weighted by Crippen LogP contribution is -2.26. The van der Waals surface area contributed by atoms with Crippen LogP contribution in [-0.4, -0.2) is 0 Å². The molecule has 0 N–H and O–H groups in total. The smallest absolute Gasteiger partial charge is 0.142 e. The van der Waals surface area contributed by atoms with Gasteiger partial charge in [0, 0.05) is 0 Å². The third-order valence-electron chi connectivity index (χ3n) is 7.05. The zero-order valence-corrected chi connectivity index (χ0v) is 16.8. The van der Waals surface area contributed by atoms with Crippen LogP contribution in [-0.2, 0) is 6.42 Å². The lowest BCUT2D eigenvalue weighted by atomic mass is 9.68. The first kappa shape index (κ1) is 19.9. The summed E-state index contributed by atoms with van der Waals surface area (Å²) in [6, 6.07) is 5.27. The van der Waals surface area contributed by atoms with Crippen molar-refractivity contribution in [2.75, 3.05) is 0 Å². The molecule has 3 rings (SSSR count). The molecule has 1 aromatic rings. The summed E-state index contributed by atoms with van der Waals surface area (Å²) in [4.78, 5) is 0. The Morgan fingerprint density at radius 3 is 2.04 bits per heavy atom. The van der Waals surface area contributed by atoms with Gasteiger partial charge in [0.1, 0.15) is 5.82 Å². The van der Waals surface area contributed by atoms with Crippen LogP contribution >= 0.6 is 11.6 Å². The van der Waals surface area contributed by atoms with Gasteiger partial charge in [0.15, 0.2) is 0 Å². The minimum atomic E-state index is -0.281. The molecule has 144 valence electrons. The predicted octanol–water partition coefficient (Wildman–Crippen LogP) is 7.99. The lowest BCUT2D eigenvalue weighted by molar-refractivity contribution is 0.141. The molecule has 2 saturated carbocycles. The standard InChI is InChI=1S/C24H34ClF/c1-2-3-4-18-7-12-21(13-8-18)22-14-9-19(10-15-22)5-6-20-11-16-23(25)24(26)17-20/h2,11,16-19,21-22H,1,3-10,12-15H2. The van der Waals surface area contributed by atoms with Crippen molar-refractivity contribution in [2.24, 2.45) is 23.7 Å². The van der Waals surface area contributed by atoms with Gasteiger partial charge >= 0.3 is 0 Å². The molecule has 2 heteroatoms. The molecule has 2 aliphatic rings. The Hall–Kier alpha value is -0.820. The molecule has 0 nitrogen and oxygen atoms in total. The highest BCUT2D eigenvalue weighted by Gasteiger charge is 2.30. The Balaban J connectivity index is 1.36. The average Bonchev–Trinajstić information content (AvgIpc) is 2.68. The van der Waals surface area contributed by atoms with Gasteiger partial charge in [-0.2, -0.15) is 0 Å². The maximum atomic E-state index is 13.6. The molecule has 0 atom stereocenters. The molecule has 2 aliphatic carbocycles. The van der Waals surface area contributed by atoms with E-state index in [2.05, 4.69) is 12.7 Å². The van der Waals surface area contributed by atoms with E-state index >= 15 is 0 Å². The van der Waals surface area contributed by atoms with Crippen LogP contribution in [0.5, 0.6) is 0 Å². The summed E-state index contributed by atoms with van der Waals surface area (Å²) in [5, 5.41) is 0.230. The first-order chi connectivity index (χ1) is 12.7. The van der Waals surface area contributed by atoms with Gasteiger partial charge in [-0.3, -0.25) is 0 Å². The zero-order valence-electron chi connectivity index (χ0n) is 16.1. The molecule has 26 heavy (non-hydrogen) atoms. The van der Waals surface area contributed by atoms with Gasteiger partial charge in [0.05, 0.1) is 5.02 Å². The maximum absolute atomic E-state index is 13.6. The molecule has 1 aromatic carbocycles. The second-order valence-corrected chi connectivity index (χ2v) is 9.12. The highest BCUT2D eigenvalue weighted by molar-refractivity contribution is 6.30. The second kappa shape index (κ2) is 9.93. The molecule has 0 bridgehead atoms. The molecule has 0 aromatic heterocycles. The van der Waals surface area contributed by atoms with Crippen molar-refractivity contribution in [1.29, 1.82) is 0 Å². The van der Waals surface area contributed by atoms with E-state index in [1.807, 2.05) is 6.07 Å². The molecule has 0 unspecified atom stereocenters. The Morgan fingerprint density at radius 2 is 1.50 bits per heavy atom. The third kappa shape index (κ3) is 5.59. The normalized spacial score (nSPS) is 29.5. The van der Waals surface area contributed by atoms with Crippen molar-refractivity contribution in [3.05, 3.63) is 47.3 Å². The van der Waals surface area contributed by atoms with Crippen molar-refractivity contribution in [3.8, 4) is 0 Å². The minimum absolute atomic E-state index is 0.230. The van der Waals surface area contributed by atoms with E-state index in [1.165, 1.54) is 70.6 Å². The van der Waals surface area contributed by atoms with Crippen LogP contribution in [0.3, 0.4) is 0 Å². The van der Waals surface area contributed by atoms with Crippen molar-refractivity contribution in [1.82, 2.24) is 0 Å². The topological polar surface area (TPSA) is 0 Å². The number of hydrogen-bond acceptors (Lipinski definition) is 0. The molecule has 0 amide bonds. The van der Waals surface area contributed by atoms with Gasteiger partial charge in [0.2, 0.25) is 0 Å². The first-order valence-corrected chi connectivity index (χ1v) is 11.1. The molecular weight excluding hydrogens is 343 g/mol. The predicted molar refractivity (Wildman–Crippen MR) is 110 cm³/mol. The molecule has 0 saturated heterocycles. The SMILES string of the molecule is C=CCCC1CCC(C2CCC(CCc3ccc(Cl)c(F)c3)CC2)CC1. The number of aryl methyl sites for hydroxylation is 1. The molecule has 2 fully saturated rings. The van der Waals surface area contributed by atoms with Crippen molar-refractivity contribution < 1.29 is 4.39 Å². The van der Waals surface area contributed by atoms with E-state index in [-0.39, 0.29) is 10.8 Å². The van der Waals surface area contributed by atoms with Crippen LogP contribution in [0, 0.1) is 29.5 Å². The molecule has 0 radical (unpaired) electrons. The Kier molecular flexibility index (Phi) is 7.61. The Bertz CT molecular complexity index is 566.